The number of hydrogen-bond donors (Lipinski definition) is 2. The fourth-order valence-corrected chi connectivity index (χ4v) is 4.28. The number of nitrogen functional groups attached to an aromatic ring is 1. The molecule has 0 radical (unpaired) electrons. The van der Waals surface area contributed by atoms with Gasteiger partial charge in [0.25, 0.3) is 0 Å². The Hall–Kier alpha value is -3.33. The normalized spacial score (nSPS) is 14.2. The topological polar surface area (TPSA) is 54.7 Å². The molecule has 3 aromatic carbocycles. The van der Waals surface area contributed by atoms with Crippen LogP contribution in [0.1, 0.15) is 40.7 Å². The molecule has 4 aromatic rings. The molecule has 0 unspecified atom stereocenters. The minimum absolute atomic E-state index is 0.838. The van der Waals surface area contributed by atoms with Crippen LogP contribution in [-0.2, 0) is 6.42 Å². The maximum absolute atomic E-state index is 6.11. The van der Waals surface area contributed by atoms with Crippen molar-refractivity contribution in [2.24, 2.45) is 0 Å². The first-order valence-electron chi connectivity index (χ1n) is 9.81. The lowest BCUT2D eigenvalue weighted by Gasteiger charge is -2.17. The largest absolute Gasteiger partial charge is 0.399 e. The molecular weight excluding hydrogens is 342 g/mol. The maximum atomic E-state index is 6.11. The molecule has 0 saturated heterocycles. The maximum Gasteiger partial charge on any atom is 0.0650 e. The number of nitrogens with zero attached hydrogens (tertiary/aromatic N) is 1. The van der Waals surface area contributed by atoms with Gasteiger partial charge in [0.15, 0.2) is 0 Å². The van der Waals surface area contributed by atoms with Gasteiger partial charge in [-0.1, -0.05) is 42.0 Å². The van der Waals surface area contributed by atoms with Crippen molar-refractivity contribution in [2.75, 3.05) is 5.73 Å². The summed E-state index contributed by atoms with van der Waals surface area (Å²) in [5.41, 5.74) is 17.2. The zero-order chi connectivity index (χ0) is 19.1. The van der Waals surface area contributed by atoms with Gasteiger partial charge in [0.1, 0.15) is 0 Å². The highest BCUT2D eigenvalue weighted by Gasteiger charge is 2.20. The molecule has 0 fully saturated rings. The van der Waals surface area contributed by atoms with Crippen molar-refractivity contribution in [3.05, 3.63) is 94.7 Å². The smallest absolute Gasteiger partial charge is 0.0650 e. The van der Waals surface area contributed by atoms with Gasteiger partial charge in [-0.3, -0.25) is 5.10 Å². The van der Waals surface area contributed by atoms with Gasteiger partial charge < -0.3 is 5.73 Å². The van der Waals surface area contributed by atoms with Crippen molar-refractivity contribution in [3.8, 4) is 0 Å². The Morgan fingerprint density at radius 2 is 1.71 bits per heavy atom. The fourth-order valence-electron chi connectivity index (χ4n) is 4.28. The van der Waals surface area contributed by atoms with Crippen molar-refractivity contribution in [3.63, 3.8) is 0 Å². The predicted octanol–water partition coefficient (Wildman–Crippen LogP) is 5.75. The third kappa shape index (κ3) is 2.89. The molecule has 1 aliphatic rings. The number of aromatic nitrogens is 2. The van der Waals surface area contributed by atoms with Crippen LogP contribution in [0.2, 0.25) is 0 Å². The summed E-state index contributed by atoms with van der Waals surface area (Å²) in [7, 11) is 0. The molecule has 0 amide bonds. The molecule has 138 valence electrons. The lowest BCUT2D eigenvalue weighted by molar-refractivity contribution is 0.861. The zero-order valence-electron chi connectivity index (χ0n) is 16.0. The summed E-state index contributed by atoms with van der Waals surface area (Å²) in [6.45, 7) is 2.13. The minimum atomic E-state index is 0.838. The lowest BCUT2D eigenvalue weighted by atomic mass is 9.87. The van der Waals surface area contributed by atoms with Crippen molar-refractivity contribution < 1.29 is 0 Å². The minimum Gasteiger partial charge on any atom is -0.399 e. The Balaban J connectivity index is 1.80. The number of benzene rings is 3. The van der Waals surface area contributed by atoms with E-state index < -0.39 is 0 Å². The molecule has 0 saturated carbocycles. The van der Waals surface area contributed by atoms with Gasteiger partial charge in [0, 0.05) is 11.1 Å². The average molecular weight is 365 g/mol. The van der Waals surface area contributed by atoms with E-state index in [0.29, 0.717) is 0 Å². The van der Waals surface area contributed by atoms with Crippen LogP contribution >= 0.6 is 0 Å². The summed E-state index contributed by atoms with van der Waals surface area (Å²) in [4.78, 5) is 0. The molecule has 28 heavy (non-hydrogen) atoms. The molecule has 1 aromatic heterocycles. The Kier molecular flexibility index (Phi) is 4.01. The van der Waals surface area contributed by atoms with Crippen LogP contribution in [0.25, 0.3) is 22.0 Å². The highest BCUT2D eigenvalue weighted by Crippen LogP contribution is 2.40. The molecule has 3 heteroatoms. The van der Waals surface area contributed by atoms with Crippen molar-refractivity contribution in [1.82, 2.24) is 10.2 Å². The molecule has 0 spiro atoms. The van der Waals surface area contributed by atoms with Crippen LogP contribution in [0.15, 0.2) is 66.9 Å². The van der Waals surface area contributed by atoms with Gasteiger partial charge in [0.2, 0.25) is 0 Å². The summed E-state index contributed by atoms with van der Waals surface area (Å²) >= 11 is 0. The highest BCUT2D eigenvalue weighted by atomic mass is 15.1. The van der Waals surface area contributed by atoms with Gasteiger partial charge in [-0.15, -0.1) is 0 Å². The summed E-state index contributed by atoms with van der Waals surface area (Å²) in [6, 6.07) is 21.8. The van der Waals surface area contributed by atoms with Crippen molar-refractivity contribution in [1.29, 1.82) is 0 Å². The van der Waals surface area contributed by atoms with E-state index in [-0.39, 0.29) is 0 Å². The highest BCUT2D eigenvalue weighted by molar-refractivity contribution is 6.01. The summed E-state index contributed by atoms with van der Waals surface area (Å²) in [5.74, 6) is 0. The quantitative estimate of drug-likeness (QED) is 0.444. The van der Waals surface area contributed by atoms with Crippen molar-refractivity contribution in [2.45, 2.75) is 26.2 Å². The third-order valence-electron chi connectivity index (χ3n) is 5.70. The van der Waals surface area contributed by atoms with Crippen molar-refractivity contribution >= 4 is 27.7 Å². The van der Waals surface area contributed by atoms with Crippen LogP contribution in [-0.4, -0.2) is 10.2 Å². The number of H-pyrrole nitrogens is 1. The summed E-state index contributed by atoms with van der Waals surface area (Å²) < 4.78 is 0. The standard InChI is InChI=1S/C25H23N3/c1-16-5-7-17(8-6-16)25-22(19-9-12-24-20(13-19)15-27-28-24)4-2-3-18-14-21(26)10-11-23(18)25/h5-15H,2-4,26H2,1H3,(H,27,28). The first-order valence-corrected chi connectivity index (χ1v) is 9.81. The number of fused-ring (bicyclic) bond motifs is 2. The Bertz CT molecular complexity index is 1200. The summed E-state index contributed by atoms with van der Waals surface area (Å²) in [5, 5.41) is 8.38. The van der Waals surface area contributed by atoms with E-state index in [1.807, 2.05) is 12.3 Å². The van der Waals surface area contributed by atoms with E-state index >= 15 is 0 Å². The SMILES string of the molecule is Cc1ccc(C2=C(c3ccc4[nH]ncc4c3)CCCc3cc(N)ccc32)cc1. The van der Waals surface area contributed by atoms with Crippen LogP contribution in [0, 0.1) is 6.92 Å². The number of nitrogens with two attached hydrogens (primary N) is 1. The molecule has 1 heterocycles. The fraction of sp³-hybridized carbons (Fsp3) is 0.160. The molecule has 0 atom stereocenters. The van der Waals surface area contributed by atoms with Crippen LogP contribution in [0.5, 0.6) is 0 Å². The Morgan fingerprint density at radius 1 is 0.893 bits per heavy atom. The first-order chi connectivity index (χ1) is 13.7. The zero-order valence-corrected chi connectivity index (χ0v) is 16.0. The number of nitrogens with one attached hydrogen (secondary N) is 1. The van der Waals surface area contributed by atoms with Gasteiger partial charge in [-0.05, 0) is 83.9 Å². The molecule has 0 bridgehead atoms. The van der Waals surface area contributed by atoms with E-state index in [0.717, 1.165) is 35.9 Å². The molecule has 1 aliphatic carbocycles. The van der Waals surface area contributed by atoms with Gasteiger partial charge >= 0.3 is 0 Å². The van der Waals surface area contributed by atoms with Gasteiger partial charge in [-0.25, -0.2) is 0 Å². The number of anilines is 1. The Labute approximate surface area is 164 Å². The van der Waals surface area contributed by atoms with E-state index in [4.69, 9.17) is 5.73 Å². The molecule has 3 N–H and O–H groups in total. The average Bonchev–Trinajstić information content (AvgIpc) is 3.09. The second kappa shape index (κ2) is 6.68. The van der Waals surface area contributed by atoms with Gasteiger partial charge in [-0.2, -0.15) is 5.10 Å². The second-order valence-corrected chi connectivity index (χ2v) is 7.66. The molecule has 0 aliphatic heterocycles. The van der Waals surface area contributed by atoms with Gasteiger partial charge in [0.05, 0.1) is 11.7 Å². The van der Waals surface area contributed by atoms with Crippen LogP contribution in [0.4, 0.5) is 5.69 Å². The number of allylic oxidation sites excluding steroid dienone is 1. The summed E-state index contributed by atoms with van der Waals surface area (Å²) in [6.07, 6.45) is 5.11. The molecule has 3 nitrogen and oxygen atoms in total. The van der Waals surface area contributed by atoms with E-state index in [1.54, 1.807) is 0 Å². The third-order valence-corrected chi connectivity index (χ3v) is 5.70. The second-order valence-electron chi connectivity index (χ2n) is 7.66. The number of aryl methyl sites for hydroxylation is 2. The molecule has 5 rings (SSSR count). The number of rotatable bonds is 2. The van der Waals surface area contributed by atoms with E-state index in [9.17, 15) is 0 Å². The number of aromatic amines is 1. The predicted molar refractivity (Wildman–Crippen MR) is 117 cm³/mol. The first kappa shape index (κ1) is 16.8. The van der Waals surface area contributed by atoms with E-state index in [1.165, 1.54) is 39.0 Å². The monoisotopic (exact) mass is 365 g/mol. The Morgan fingerprint density at radius 3 is 2.57 bits per heavy atom. The molecular formula is C25H23N3. The van der Waals surface area contributed by atoms with Crippen LogP contribution in [0.3, 0.4) is 0 Å². The number of hydrogen-bond acceptors (Lipinski definition) is 2. The van der Waals surface area contributed by atoms with Crippen LogP contribution < -0.4 is 5.73 Å². The van der Waals surface area contributed by atoms with E-state index in [2.05, 4.69) is 71.7 Å². The lowest BCUT2D eigenvalue weighted by Crippen LogP contribution is -1.97.